The summed E-state index contributed by atoms with van der Waals surface area (Å²) in [4.78, 5) is 15.0. The van der Waals surface area contributed by atoms with Crippen LogP contribution in [0.1, 0.15) is 11.4 Å². The number of carboxylic acids is 1. The first-order chi connectivity index (χ1) is 7.08. The molecular formula is C10H9BrN2O2. The van der Waals surface area contributed by atoms with Gasteiger partial charge in [-0.05, 0) is 35.0 Å². The molecule has 4 nitrogen and oxygen atoms in total. The third-order valence-corrected chi connectivity index (χ3v) is 2.71. The van der Waals surface area contributed by atoms with E-state index >= 15 is 0 Å². The Morgan fingerprint density at radius 1 is 1.67 bits per heavy atom. The number of aromatic nitrogens is 2. The summed E-state index contributed by atoms with van der Waals surface area (Å²) in [6, 6.07) is 3.64. The van der Waals surface area contributed by atoms with Gasteiger partial charge in [-0.3, -0.25) is 4.79 Å². The number of rotatable bonds is 2. The number of aryl methyl sites for hydroxylation is 1. The molecule has 0 aliphatic rings. The molecule has 15 heavy (non-hydrogen) atoms. The van der Waals surface area contributed by atoms with Gasteiger partial charge >= 0.3 is 5.97 Å². The molecule has 2 aromatic heterocycles. The smallest absolute Gasteiger partial charge is 0.309 e. The standard InChI is InChI=1S/C10H9BrN2O2/c1-6-2-3-13-7(5-9(14)15)4-8(11)10(13)12-6/h2-4H,5H2,1H3,(H,14,15). The van der Waals surface area contributed by atoms with Gasteiger partial charge in [0.25, 0.3) is 0 Å². The Hall–Kier alpha value is -1.36. The van der Waals surface area contributed by atoms with Gasteiger partial charge < -0.3 is 9.51 Å². The molecule has 0 atom stereocenters. The maximum Gasteiger partial charge on any atom is 0.309 e. The van der Waals surface area contributed by atoms with Crippen LogP contribution in [-0.2, 0) is 11.2 Å². The van der Waals surface area contributed by atoms with E-state index < -0.39 is 5.97 Å². The largest absolute Gasteiger partial charge is 0.481 e. The summed E-state index contributed by atoms with van der Waals surface area (Å²) in [5, 5.41) is 8.74. The molecule has 2 rings (SSSR count). The minimum atomic E-state index is -0.845. The fourth-order valence-corrected chi connectivity index (χ4v) is 2.03. The van der Waals surface area contributed by atoms with Crippen LogP contribution in [0.25, 0.3) is 5.65 Å². The first-order valence-corrected chi connectivity index (χ1v) is 5.22. The van der Waals surface area contributed by atoms with Crippen molar-refractivity contribution >= 4 is 27.5 Å². The third-order valence-electron chi connectivity index (χ3n) is 2.12. The van der Waals surface area contributed by atoms with Crippen molar-refractivity contribution in [2.75, 3.05) is 0 Å². The van der Waals surface area contributed by atoms with Gasteiger partial charge in [0.2, 0.25) is 0 Å². The molecule has 0 saturated heterocycles. The van der Waals surface area contributed by atoms with Crippen molar-refractivity contribution in [3.05, 3.63) is 34.2 Å². The summed E-state index contributed by atoms with van der Waals surface area (Å²) in [7, 11) is 0. The van der Waals surface area contributed by atoms with Crippen molar-refractivity contribution in [2.45, 2.75) is 13.3 Å². The van der Waals surface area contributed by atoms with Crippen molar-refractivity contribution in [3.8, 4) is 0 Å². The van der Waals surface area contributed by atoms with Gasteiger partial charge in [-0.25, -0.2) is 4.98 Å². The van der Waals surface area contributed by atoms with Crippen molar-refractivity contribution in [1.29, 1.82) is 0 Å². The van der Waals surface area contributed by atoms with Gasteiger partial charge in [-0.2, -0.15) is 0 Å². The molecule has 2 aromatic rings. The fraction of sp³-hybridized carbons (Fsp3) is 0.200. The van der Waals surface area contributed by atoms with Crippen molar-refractivity contribution < 1.29 is 9.90 Å². The van der Waals surface area contributed by atoms with Gasteiger partial charge in [0, 0.05) is 17.6 Å². The van der Waals surface area contributed by atoms with Crippen LogP contribution in [0, 0.1) is 6.92 Å². The molecule has 5 heteroatoms. The highest BCUT2D eigenvalue weighted by Gasteiger charge is 2.10. The van der Waals surface area contributed by atoms with Gasteiger partial charge in [-0.15, -0.1) is 0 Å². The SMILES string of the molecule is Cc1ccn2c(CC(=O)O)cc(Br)c2n1. The molecule has 0 aliphatic heterocycles. The second-order valence-electron chi connectivity index (χ2n) is 3.32. The number of halogens is 1. The monoisotopic (exact) mass is 268 g/mol. The first-order valence-electron chi connectivity index (χ1n) is 4.43. The van der Waals surface area contributed by atoms with E-state index in [1.54, 1.807) is 10.5 Å². The van der Waals surface area contributed by atoms with Crippen LogP contribution in [-0.4, -0.2) is 20.5 Å². The predicted molar refractivity (Wildman–Crippen MR) is 59.0 cm³/mol. The third kappa shape index (κ3) is 1.87. The number of nitrogens with zero attached hydrogens (tertiary/aromatic N) is 2. The van der Waals surface area contributed by atoms with Crippen molar-refractivity contribution in [3.63, 3.8) is 0 Å². The molecule has 0 radical (unpaired) electrons. The Kier molecular flexibility index (Phi) is 2.48. The predicted octanol–water partition coefficient (Wildman–Crippen LogP) is 2.03. The molecule has 0 amide bonds. The normalized spacial score (nSPS) is 10.8. The van der Waals surface area contributed by atoms with Crippen LogP contribution in [0.15, 0.2) is 22.8 Å². The van der Waals surface area contributed by atoms with Gasteiger partial charge in [0.1, 0.15) is 0 Å². The highest BCUT2D eigenvalue weighted by Crippen LogP contribution is 2.21. The number of aliphatic carboxylic acids is 1. The molecular weight excluding hydrogens is 260 g/mol. The van der Waals surface area contributed by atoms with Crippen LogP contribution in [0.3, 0.4) is 0 Å². The van der Waals surface area contributed by atoms with Crippen LogP contribution in [0.5, 0.6) is 0 Å². The maximum absolute atomic E-state index is 10.6. The fourth-order valence-electron chi connectivity index (χ4n) is 1.48. The molecule has 0 unspecified atom stereocenters. The van der Waals surface area contributed by atoms with E-state index in [1.807, 2.05) is 19.2 Å². The Labute approximate surface area is 94.7 Å². The second kappa shape index (κ2) is 3.66. The number of carboxylic acid groups (broad SMARTS) is 1. The Balaban J connectivity index is 2.62. The molecule has 0 fully saturated rings. The van der Waals surface area contributed by atoms with E-state index in [0.717, 1.165) is 21.5 Å². The minimum Gasteiger partial charge on any atom is -0.481 e. The summed E-state index contributed by atoms with van der Waals surface area (Å²) in [5.41, 5.74) is 2.38. The molecule has 0 saturated carbocycles. The minimum absolute atomic E-state index is 0.00247. The van der Waals surface area contributed by atoms with Crippen LogP contribution in [0.4, 0.5) is 0 Å². The lowest BCUT2D eigenvalue weighted by Gasteiger charge is -2.00. The summed E-state index contributed by atoms with van der Waals surface area (Å²) >= 11 is 3.37. The zero-order chi connectivity index (χ0) is 11.0. The topological polar surface area (TPSA) is 54.6 Å². The van der Waals surface area contributed by atoms with E-state index in [2.05, 4.69) is 20.9 Å². The van der Waals surface area contributed by atoms with Crippen molar-refractivity contribution in [2.24, 2.45) is 0 Å². The number of carbonyl (C=O) groups is 1. The molecule has 0 bridgehead atoms. The number of hydrogen-bond acceptors (Lipinski definition) is 2. The van der Waals surface area contributed by atoms with Crippen LogP contribution < -0.4 is 0 Å². The summed E-state index contributed by atoms with van der Waals surface area (Å²) in [6.07, 6.45) is 1.83. The number of hydrogen-bond donors (Lipinski definition) is 1. The summed E-state index contributed by atoms with van der Waals surface area (Å²) in [5.74, 6) is -0.845. The molecule has 2 heterocycles. The summed E-state index contributed by atoms with van der Waals surface area (Å²) < 4.78 is 2.60. The summed E-state index contributed by atoms with van der Waals surface area (Å²) in [6.45, 7) is 1.90. The molecule has 1 N–H and O–H groups in total. The van der Waals surface area contributed by atoms with Gasteiger partial charge in [-0.1, -0.05) is 0 Å². The lowest BCUT2D eigenvalue weighted by atomic mass is 10.3. The van der Waals surface area contributed by atoms with E-state index in [1.165, 1.54) is 0 Å². The van der Waals surface area contributed by atoms with Crippen LogP contribution in [0.2, 0.25) is 0 Å². The molecule has 78 valence electrons. The number of fused-ring (bicyclic) bond motifs is 1. The Morgan fingerprint density at radius 3 is 3.07 bits per heavy atom. The van der Waals surface area contributed by atoms with E-state index in [9.17, 15) is 4.79 Å². The maximum atomic E-state index is 10.6. The lowest BCUT2D eigenvalue weighted by molar-refractivity contribution is -0.136. The lowest BCUT2D eigenvalue weighted by Crippen LogP contribution is -2.03. The Bertz CT molecular complexity index is 533. The molecule has 0 spiro atoms. The zero-order valence-electron chi connectivity index (χ0n) is 8.07. The van der Waals surface area contributed by atoms with Gasteiger partial charge in [0.05, 0.1) is 10.9 Å². The zero-order valence-corrected chi connectivity index (χ0v) is 9.65. The molecule has 0 aliphatic carbocycles. The quantitative estimate of drug-likeness (QED) is 0.907. The second-order valence-corrected chi connectivity index (χ2v) is 4.17. The van der Waals surface area contributed by atoms with E-state index in [0.29, 0.717) is 0 Å². The average Bonchev–Trinajstić information content (AvgIpc) is 2.42. The highest BCUT2D eigenvalue weighted by atomic mass is 79.9. The Morgan fingerprint density at radius 2 is 2.40 bits per heavy atom. The van der Waals surface area contributed by atoms with Gasteiger partial charge in [0.15, 0.2) is 5.65 Å². The van der Waals surface area contributed by atoms with E-state index in [-0.39, 0.29) is 6.42 Å². The van der Waals surface area contributed by atoms with Crippen molar-refractivity contribution in [1.82, 2.24) is 9.38 Å². The molecule has 0 aromatic carbocycles. The highest BCUT2D eigenvalue weighted by molar-refractivity contribution is 9.10. The van der Waals surface area contributed by atoms with Crippen LogP contribution >= 0.6 is 15.9 Å². The first kappa shape index (κ1) is 10.2. The van der Waals surface area contributed by atoms with E-state index in [4.69, 9.17) is 5.11 Å². The average molecular weight is 269 g/mol.